The topological polar surface area (TPSA) is 134 Å². The smallest absolute Gasteiger partial charge is 0.326 e. The van der Waals surface area contributed by atoms with Gasteiger partial charge in [0.05, 0.1) is 18.5 Å². The van der Waals surface area contributed by atoms with E-state index in [1.807, 2.05) is 0 Å². The van der Waals surface area contributed by atoms with Crippen molar-refractivity contribution in [3.8, 4) is 5.75 Å². The summed E-state index contributed by atoms with van der Waals surface area (Å²) in [5, 5.41) is 16.9. The van der Waals surface area contributed by atoms with Gasteiger partial charge in [-0.25, -0.2) is 4.79 Å². The zero-order valence-corrected chi connectivity index (χ0v) is 15.2. The van der Waals surface area contributed by atoms with Crippen molar-refractivity contribution in [1.82, 2.24) is 16.0 Å². The van der Waals surface area contributed by atoms with Gasteiger partial charge in [0, 0.05) is 0 Å². The van der Waals surface area contributed by atoms with Gasteiger partial charge in [0.15, 0.2) is 0 Å². The third-order valence-electron chi connectivity index (χ3n) is 4.05. The molecule has 1 aliphatic heterocycles. The number of carboxylic acid groups (broad SMARTS) is 1. The molecule has 0 fully saturated rings. The van der Waals surface area contributed by atoms with Gasteiger partial charge in [-0.2, -0.15) is 0 Å². The van der Waals surface area contributed by atoms with Gasteiger partial charge in [-0.3, -0.25) is 14.4 Å². The third kappa shape index (κ3) is 5.44. The molecule has 0 aromatic heterocycles. The van der Waals surface area contributed by atoms with Crippen LogP contribution in [0.5, 0.6) is 5.75 Å². The van der Waals surface area contributed by atoms with Crippen LogP contribution in [-0.4, -0.2) is 54.0 Å². The Morgan fingerprint density at radius 3 is 2.56 bits per heavy atom. The molecular weight excluding hydrogens is 354 g/mol. The van der Waals surface area contributed by atoms with E-state index in [1.165, 1.54) is 6.07 Å². The van der Waals surface area contributed by atoms with Gasteiger partial charge in [0.25, 0.3) is 5.91 Å². The molecule has 2 rings (SSSR count). The minimum Gasteiger partial charge on any atom is -0.491 e. The van der Waals surface area contributed by atoms with Crippen molar-refractivity contribution in [3.63, 3.8) is 0 Å². The summed E-state index contributed by atoms with van der Waals surface area (Å²) in [4.78, 5) is 48.5. The van der Waals surface area contributed by atoms with Crippen LogP contribution in [0.25, 0.3) is 0 Å². The highest BCUT2D eigenvalue weighted by Crippen LogP contribution is 2.18. The second kappa shape index (κ2) is 9.02. The van der Waals surface area contributed by atoms with E-state index in [0.717, 1.165) is 0 Å². The Hall–Kier alpha value is -3.10. The average molecular weight is 377 g/mol. The lowest BCUT2D eigenvalue weighted by Crippen LogP contribution is -2.52. The van der Waals surface area contributed by atoms with Gasteiger partial charge in [0.1, 0.15) is 24.4 Å². The summed E-state index contributed by atoms with van der Waals surface area (Å²) in [6, 6.07) is 4.08. The zero-order chi connectivity index (χ0) is 20.0. The number of carbonyl (C=O) groups excluding carboxylic acids is 3. The molecule has 27 heavy (non-hydrogen) atoms. The van der Waals surface area contributed by atoms with E-state index < -0.39 is 36.3 Å². The maximum atomic E-state index is 12.5. The number of rotatable bonds is 2. The molecule has 0 saturated heterocycles. The summed E-state index contributed by atoms with van der Waals surface area (Å²) in [6.07, 6.45) is -0.499. The van der Waals surface area contributed by atoms with E-state index in [9.17, 15) is 24.3 Å². The van der Waals surface area contributed by atoms with Crippen LogP contribution in [0.3, 0.4) is 0 Å². The SMILES string of the molecule is CC(C)[C@H]1NC(=O)C[C@@H](C(=O)O)NC(=O)c2ccccc2OCCNC1=O. The Morgan fingerprint density at radius 1 is 1.19 bits per heavy atom. The fourth-order valence-electron chi connectivity index (χ4n) is 2.61. The second-order valence-electron chi connectivity index (χ2n) is 6.49. The molecule has 146 valence electrons. The number of hydrogen-bond acceptors (Lipinski definition) is 5. The van der Waals surface area contributed by atoms with Gasteiger partial charge < -0.3 is 25.8 Å². The highest BCUT2D eigenvalue weighted by Gasteiger charge is 2.29. The van der Waals surface area contributed by atoms with Crippen LogP contribution >= 0.6 is 0 Å². The van der Waals surface area contributed by atoms with E-state index in [-0.39, 0.29) is 36.3 Å². The molecule has 3 amide bonds. The Bertz CT molecular complexity index is 734. The van der Waals surface area contributed by atoms with Gasteiger partial charge in [0.2, 0.25) is 11.8 Å². The van der Waals surface area contributed by atoms with E-state index in [0.29, 0.717) is 0 Å². The first-order chi connectivity index (χ1) is 12.8. The second-order valence-corrected chi connectivity index (χ2v) is 6.49. The normalized spacial score (nSPS) is 21.8. The standard InChI is InChI=1S/C18H23N3O6/c1-10(2)15-17(24)19-7-8-27-13-6-4-3-5-11(13)16(23)20-12(18(25)26)9-14(22)21-15/h3-6,10,12,15H,7-9H2,1-2H3,(H,19,24)(H,20,23)(H,21,22)(H,25,26)/t12-,15+/m0/s1. The lowest BCUT2D eigenvalue weighted by Gasteiger charge is -2.23. The Balaban J connectivity index is 2.31. The van der Waals surface area contributed by atoms with Crippen LogP contribution in [0.4, 0.5) is 0 Å². The maximum Gasteiger partial charge on any atom is 0.326 e. The van der Waals surface area contributed by atoms with Crippen LogP contribution in [0.2, 0.25) is 0 Å². The first-order valence-corrected chi connectivity index (χ1v) is 8.62. The van der Waals surface area contributed by atoms with Crippen LogP contribution < -0.4 is 20.7 Å². The predicted octanol–water partition coefficient (Wildman–Crippen LogP) is -0.0909. The molecule has 4 N–H and O–H groups in total. The fraction of sp³-hybridized carbons (Fsp3) is 0.444. The molecule has 1 aromatic carbocycles. The summed E-state index contributed by atoms with van der Waals surface area (Å²) in [7, 11) is 0. The fourth-order valence-corrected chi connectivity index (χ4v) is 2.61. The molecule has 2 atom stereocenters. The first kappa shape index (κ1) is 20.2. The monoisotopic (exact) mass is 377 g/mol. The van der Waals surface area contributed by atoms with E-state index in [2.05, 4.69) is 16.0 Å². The number of hydrogen-bond donors (Lipinski definition) is 4. The number of nitrogens with one attached hydrogen (secondary N) is 3. The van der Waals surface area contributed by atoms with Gasteiger partial charge in [-0.15, -0.1) is 0 Å². The van der Waals surface area contributed by atoms with Gasteiger partial charge in [-0.1, -0.05) is 26.0 Å². The van der Waals surface area contributed by atoms with Crippen LogP contribution in [0.1, 0.15) is 30.6 Å². The molecule has 1 aliphatic rings. The van der Waals surface area contributed by atoms with Gasteiger partial charge in [-0.05, 0) is 18.1 Å². The average Bonchev–Trinajstić information content (AvgIpc) is 2.61. The molecule has 0 spiro atoms. The van der Waals surface area contributed by atoms with E-state index >= 15 is 0 Å². The lowest BCUT2D eigenvalue weighted by atomic mass is 10.0. The number of benzene rings is 1. The number of para-hydroxylation sites is 1. The molecular formula is C18H23N3O6. The number of carbonyl (C=O) groups is 4. The number of amides is 3. The van der Waals surface area contributed by atoms with Crippen LogP contribution in [0.15, 0.2) is 24.3 Å². The Labute approximate surface area is 156 Å². The van der Waals surface area contributed by atoms with Crippen LogP contribution in [0, 0.1) is 5.92 Å². The number of ether oxygens (including phenoxy) is 1. The minimum absolute atomic E-state index is 0.108. The minimum atomic E-state index is -1.44. The number of carboxylic acids is 1. The van der Waals surface area contributed by atoms with Crippen molar-refractivity contribution in [2.75, 3.05) is 13.2 Å². The molecule has 9 nitrogen and oxygen atoms in total. The summed E-state index contributed by atoms with van der Waals surface area (Å²) in [5.74, 6) is -2.99. The molecule has 0 bridgehead atoms. The molecule has 0 radical (unpaired) electrons. The number of fused-ring (bicyclic) bond motifs is 1. The van der Waals surface area contributed by atoms with Crippen LogP contribution in [-0.2, 0) is 14.4 Å². The predicted molar refractivity (Wildman–Crippen MR) is 95.2 cm³/mol. The summed E-state index contributed by atoms with van der Waals surface area (Å²) >= 11 is 0. The van der Waals surface area contributed by atoms with Crippen molar-refractivity contribution in [1.29, 1.82) is 0 Å². The molecule has 1 heterocycles. The van der Waals surface area contributed by atoms with Gasteiger partial charge >= 0.3 is 5.97 Å². The summed E-state index contributed by atoms with van der Waals surface area (Å²) in [6.45, 7) is 3.82. The van der Waals surface area contributed by atoms with Crippen molar-refractivity contribution < 1.29 is 29.0 Å². The molecule has 0 unspecified atom stereocenters. The quantitative estimate of drug-likeness (QED) is 0.569. The highest BCUT2D eigenvalue weighted by atomic mass is 16.5. The Morgan fingerprint density at radius 2 is 1.89 bits per heavy atom. The summed E-state index contributed by atoms with van der Waals surface area (Å²) < 4.78 is 5.55. The van der Waals surface area contributed by atoms with Crippen molar-refractivity contribution in [2.45, 2.75) is 32.4 Å². The molecule has 0 saturated carbocycles. The van der Waals surface area contributed by atoms with Crippen molar-refractivity contribution in [2.24, 2.45) is 5.92 Å². The summed E-state index contributed by atoms with van der Waals surface area (Å²) in [5.41, 5.74) is 0.146. The number of aliphatic carboxylic acids is 1. The van der Waals surface area contributed by atoms with Crippen molar-refractivity contribution >= 4 is 23.7 Å². The largest absolute Gasteiger partial charge is 0.491 e. The van der Waals surface area contributed by atoms with E-state index in [1.54, 1.807) is 32.0 Å². The lowest BCUT2D eigenvalue weighted by molar-refractivity contribution is -0.141. The van der Waals surface area contributed by atoms with Crippen molar-refractivity contribution in [3.05, 3.63) is 29.8 Å². The molecule has 0 aliphatic carbocycles. The highest BCUT2D eigenvalue weighted by molar-refractivity contribution is 6.00. The maximum absolute atomic E-state index is 12.5. The van der Waals surface area contributed by atoms with E-state index in [4.69, 9.17) is 4.74 Å². The first-order valence-electron chi connectivity index (χ1n) is 8.62. The molecule has 1 aromatic rings. The third-order valence-corrected chi connectivity index (χ3v) is 4.05. The Kier molecular flexibility index (Phi) is 6.75. The molecule has 9 heteroatoms. The zero-order valence-electron chi connectivity index (χ0n) is 15.2.